The van der Waals surface area contributed by atoms with Gasteiger partial charge in [0.1, 0.15) is 11.5 Å². The molecular weight excluding hydrogens is 374 g/mol. The molecule has 0 aromatic carbocycles. The number of hydrogen-bond acceptors (Lipinski definition) is 4. The summed E-state index contributed by atoms with van der Waals surface area (Å²) in [4.78, 5) is 32.2. The highest BCUT2D eigenvalue weighted by molar-refractivity contribution is 7.98. The van der Waals surface area contributed by atoms with Crippen LogP contribution in [0.2, 0.25) is 0 Å². The maximum atomic E-state index is 12.4. The molecule has 0 aliphatic heterocycles. The van der Waals surface area contributed by atoms with Crippen LogP contribution in [0.15, 0.2) is 42.4 Å². The van der Waals surface area contributed by atoms with Gasteiger partial charge < -0.3 is 15.6 Å². The van der Waals surface area contributed by atoms with Gasteiger partial charge in [-0.05, 0) is 62.1 Å². The zero-order valence-electron chi connectivity index (χ0n) is 16.3. The molecular formula is C20H25N5O2S. The molecule has 0 saturated carbocycles. The molecule has 4 N–H and O–H groups in total. The third kappa shape index (κ3) is 5.75. The highest BCUT2D eigenvalue weighted by Gasteiger charge is 2.17. The lowest BCUT2D eigenvalue weighted by Crippen LogP contribution is -2.46. The molecule has 148 valence electrons. The summed E-state index contributed by atoms with van der Waals surface area (Å²) in [6.07, 6.45) is 5.68. The van der Waals surface area contributed by atoms with Gasteiger partial charge in [-0.2, -0.15) is 0 Å². The maximum absolute atomic E-state index is 12.4. The van der Waals surface area contributed by atoms with Gasteiger partial charge in [-0.3, -0.25) is 9.52 Å². The van der Waals surface area contributed by atoms with Crippen molar-refractivity contribution < 1.29 is 9.59 Å². The Hall–Kier alpha value is -3.00. The van der Waals surface area contributed by atoms with E-state index in [0.717, 1.165) is 34.5 Å². The number of nitrogens with one attached hydrogen (secondary N) is 4. The Bertz CT molecular complexity index is 846. The van der Waals surface area contributed by atoms with E-state index in [4.69, 9.17) is 0 Å². The molecule has 2 aromatic heterocycles. The van der Waals surface area contributed by atoms with Gasteiger partial charge in [0.05, 0.1) is 0 Å². The third-order valence-electron chi connectivity index (χ3n) is 4.12. The molecule has 0 aliphatic carbocycles. The minimum absolute atomic E-state index is 0.267. The molecule has 0 fully saturated rings. The van der Waals surface area contributed by atoms with Gasteiger partial charge in [-0.1, -0.05) is 26.2 Å². The summed E-state index contributed by atoms with van der Waals surface area (Å²) in [5.74, 6) is 0.0872. The van der Waals surface area contributed by atoms with Crippen molar-refractivity contribution in [3.05, 3.63) is 54.5 Å². The van der Waals surface area contributed by atoms with Gasteiger partial charge in [0.15, 0.2) is 0 Å². The summed E-state index contributed by atoms with van der Waals surface area (Å²) in [5, 5.41) is 5.60. The van der Waals surface area contributed by atoms with Crippen LogP contribution in [-0.4, -0.2) is 27.4 Å². The lowest BCUT2D eigenvalue weighted by atomic mass is 10.0. The minimum Gasteiger partial charge on any atom is -0.351 e. The van der Waals surface area contributed by atoms with Crippen LogP contribution < -0.4 is 15.4 Å². The first-order chi connectivity index (χ1) is 13.3. The molecule has 8 heteroatoms. The average Bonchev–Trinajstić information content (AvgIpc) is 3.11. The fraction of sp³-hybridized carbons (Fsp3) is 0.250. The zero-order valence-corrected chi connectivity index (χ0v) is 17.1. The molecule has 0 unspecified atom stereocenters. The Balaban J connectivity index is 1.92. The van der Waals surface area contributed by atoms with E-state index in [0.29, 0.717) is 11.5 Å². The summed E-state index contributed by atoms with van der Waals surface area (Å²) < 4.78 is 2.71. The average molecular weight is 400 g/mol. The number of carbonyl (C=O) groups excluding carboxylic acids is 2. The van der Waals surface area contributed by atoms with E-state index in [-0.39, 0.29) is 17.5 Å². The zero-order chi connectivity index (χ0) is 20.7. The number of carbonyl (C=O) groups is 2. The topological polar surface area (TPSA) is 98.9 Å². The highest BCUT2D eigenvalue weighted by Crippen LogP contribution is 2.18. The van der Waals surface area contributed by atoms with Gasteiger partial charge in [0, 0.05) is 22.3 Å². The molecule has 3 amide bonds. The SMILES string of the molecule is C=Cc1cc(C(=O)Nc2ccc(SNC(=O)NC(C)(C)CC)cn2)[nH]c1C=C. The van der Waals surface area contributed by atoms with Gasteiger partial charge >= 0.3 is 6.03 Å². The molecule has 7 nitrogen and oxygen atoms in total. The highest BCUT2D eigenvalue weighted by atomic mass is 32.2. The monoisotopic (exact) mass is 399 g/mol. The first kappa shape index (κ1) is 21.3. The minimum atomic E-state index is -0.316. The molecule has 2 heterocycles. The van der Waals surface area contributed by atoms with Crippen LogP contribution in [0.5, 0.6) is 0 Å². The fourth-order valence-corrected chi connectivity index (χ4v) is 2.67. The second-order valence-electron chi connectivity index (χ2n) is 6.69. The number of rotatable bonds is 8. The van der Waals surface area contributed by atoms with E-state index < -0.39 is 0 Å². The molecule has 0 saturated heterocycles. The molecule has 2 rings (SSSR count). The number of H-pyrrole nitrogens is 1. The van der Waals surface area contributed by atoms with Crippen molar-refractivity contribution in [1.82, 2.24) is 20.0 Å². The third-order valence-corrected chi connectivity index (χ3v) is 4.89. The lowest BCUT2D eigenvalue weighted by molar-refractivity contribution is 0.102. The first-order valence-corrected chi connectivity index (χ1v) is 9.60. The fourth-order valence-electron chi connectivity index (χ4n) is 2.17. The van der Waals surface area contributed by atoms with Crippen molar-refractivity contribution in [3.8, 4) is 0 Å². The number of aromatic amines is 1. The number of urea groups is 1. The van der Waals surface area contributed by atoms with Gasteiger partial charge in [0.2, 0.25) is 0 Å². The summed E-state index contributed by atoms with van der Waals surface area (Å²) in [5.41, 5.74) is 1.65. The smallest absolute Gasteiger partial charge is 0.325 e. The van der Waals surface area contributed by atoms with Crippen molar-refractivity contribution in [2.24, 2.45) is 0 Å². The van der Waals surface area contributed by atoms with Crippen molar-refractivity contribution in [1.29, 1.82) is 0 Å². The van der Waals surface area contributed by atoms with Gasteiger partial charge in [-0.25, -0.2) is 9.78 Å². The quantitative estimate of drug-likeness (QED) is 0.493. The van der Waals surface area contributed by atoms with Crippen molar-refractivity contribution in [2.45, 2.75) is 37.6 Å². The standard InChI is InChI=1S/C20H25N5O2S/c1-6-13-11-16(22-15(13)7-2)18(26)23-17-10-9-14(12-21-17)28-25-19(27)24-20(4,5)8-3/h6-7,9-12,22H,1-2,8H2,3-5H3,(H,21,23,26)(H2,24,25,27). The normalized spacial score (nSPS) is 10.8. The largest absolute Gasteiger partial charge is 0.351 e. The van der Waals surface area contributed by atoms with E-state index >= 15 is 0 Å². The molecule has 0 aliphatic rings. The van der Waals surface area contributed by atoms with Crippen LogP contribution in [0.3, 0.4) is 0 Å². The number of aromatic nitrogens is 2. The number of hydrogen-bond donors (Lipinski definition) is 4. The van der Waals surface area contributed by atoms with E-state index in [1.807, 2.05) is 20.8 Å². The molecule has 0 bridgehead atoms. The molecule has 0 radical (unpaired) electrons. The van der Waals surface area contributed by atoms with Crippen LogP contribution in [0.25, 0.3) is 12.2 Å². The van der Waals surface area contributed by atoms with Crippen LogP contribution in [-0.2, 0) is 0 Å². The van der Waals surface area contributed by atoms with Gasteiger partial charge in [0.25, 0.3) is 5.91 Å². The Labute approximate surface area is 169 Å². The van der Waals surface area contributed by atoms with Crippen LogP contribution in [0.1, 0.15) is 48.9 Å². The van der Waals surface area contributed by atoms with Gasteiger partial charge in [-0.15, -0.1) is 0 Å². The predicted molar refractivity (Wildman–Crippen MR) is 115 cm³/mol. The molecule has 0 atom stereocenters. The molecule has 2 aromatic rings. The number of nitrogens with zero attached hydrogens (tertiary/aromatic N) is 1. The van der Waals surface area contributed by atoms with E-state index in [1.165, 1.54) is 0 Å². The van der Waals surface area contributed by atoms with Crippen molar-refractivity contribution in [2.75, 3.05) is 5.32 Å². The summed E-state index contributed by atoms with van der Waals surface area (Å²) in [7, 11) is 0. The van der Waals surface area contributed by atoms with Crippen molar-refractivity contribution in [3.63, 3.8) is 0 Å². The van der Waals surface area contributed by atoms with Crippen LogP contribution in [0, 0.1) is 0 Å². The van der Waals surface area contributed by atoms with E-state index in [1.54, 1.807) is 36.5 Å². The predicted octanol–water partition coefficient (Wildman–Crippen LogP) is 4.44. The Morgan fingerprint density at radius 3 is 2.57 bits per heavy atom. The van der Waals surface area contributed by atoms with E-state index in [9.17, 15) is 9.59 Å². The Morgan fingerprint density at radius 2 is 2.04 bits per heavy atom. The Kier molecular flexibility index (Phi) is 7.06. The number of pyridine rings is 1. The number of anilines is 1. The summed E-state index contributed by atoms with van der Waals surface area (Å²) >= 11 is 1.15. The van der Waals surface area contributed by atoms with E-state index in [2.05, 4.69) is 38.5 Å². The van der Waals surface area contributed by atoms with Crippen molar-refractivity contribution >= 4 is 41.9 Å². The second kappa shape index (κ2) is 9.27. The molecule has 0 spiro atoms. The molecule has 28 heavy (non-hydrogen) atoms. The summed E-state index contributed by atoms with van der Waals surface area (Å²) in [6, 6.07) is 4.86. The first-order valence-electron chi connectivity index (χ1n) is 8.78. The Morgan fingerprint density at radius 1 is 1.29 bits per heavy atom. The van der Waals surface area contributed by atoms with Crippen LogP contribution in [0.4, 0.5) is 10.6 Å². The lowest BCUT2D eigenvalue weighted by Gasteiger charge is -2.24. The second-order valence-corrected chi connectivity index (χ2v) is 7.57. The number of amides is 3. The summed E-state index contributed by atoms with van der Waals surface area (Å²) in [6.45, 7) is 13.3. The van der Waals surface area contributed by atoms with Crippen LogP contribution >= 0.6 is 11.9 Å². The maximum Gasteiger partial charge on any atom is 0.325 e.